The van der Waals surface area contributed by atoms with Crippen molar-refractivity contribution in [3.63, 3.8) is 0 Å². The lowest BCUT2D eigenvalue weighted by atomic mass is 9.81. The third-order valence-corrected chi connectivity index (χ3v) is 4.88. The highest BCUT2D eigenvalue weighted by Gasteiger charge is 2.56. The first-order chi connectivity index (χ1) is 11.7. The smallest absolute Gasteiger partial charge is 0.327 e. The number of amides is 4. The fourth-order valence-electron chi connectivity index (χ4n) is 3.49. The molecule has 1 saturated carbocycles. The molecule has 0 bridgehead atoms. The van der Waals surface area contributed by atoms with E-state index < -0.39 is 36.1 Å². The Morgan fingerprint density at radius 1 is 1.16 bits per heavy atom. The summed E-state index contributed by atoms with van der Waals surface area (Å²) in [4.78, 5) is 51.5. The number of carbonyl (C=O) groups is 4. The number of nitrogens with one attached hydrogen (secondary N) is 1. The fourth-order valence-corrected chi connectivity index (χ4v) is 3.49. The lowest BCUT2D eigenvalue weighted by Crippen LogP contribution is -2.49. The summed E-state index contributed by atoms with van der Waals surface area (Å²) in [5.74, 6) is -1.52. The van der Waals surface area contributed by atoms with Gasteiger partial charge in [0, 0.05) is 13.1 Å². The van der Waals surface area contributed by atoms with Crippen molar-refractivity contribution in [1.82, 2.24) is 15.1 Å². The molecule has 1 N–H and O–H groups in total. The molecular formula is C17H27N3O5. The van der Waals surface area contributed by atoms with Crippen LogP contribution in [0.2, 0.25) is 0 Å². The van der Waals surface area contributed by atoms with Crippen LogP contribution in [0.4, 0.5) is 4.79 Å². The van der Waals surface area contributed by atoms with Crippen molar-refractivity contribution < 1.29 is 23.9 Å². The Morgan fingerprint density at radius 2 is 1.76 bits per heavy atom. The molecule has 2 fully saturated rings. The summed E-state index contributed by atoms with van der Waals surface area (Å²) in [5, 5.41) is 2.64. The molecule has 25 heavy (non-hydrogen) atoms. The van der Waals surface area contributed by atoms with Crippen LogP contribution in [-0.2, 0) is 19.1 Å². The maximum atomic E-state index is 12.8. The van der Waals surface area contributed by atoms with E-state index in [2.05, 4.69) is 5.32 Å². The molecule has 4 amide bonds. The van der Waals surface area contributed by atoms with Crippen molar-refractivity contribution in [2.75, 3.05) is 13.6 Å². The van der Waals surface area contributed by atoms with E-state index in [4.69, 9.17) is 4.74 Å². The molecule has 0 aromatic carbocycles. The first-order valence-electron chi connectivity index (χ1n) is 8.78. The van der Waals surface area contributed by atoms with Crippen molar-refractivity contribution in [1.29, 1.82) is 0 Å². The van der Waals surface area contributed by atoms with Gasteiger partial charge in [-0.2, -0.15) is 0 Å². The van der Waals surface area contributed by atoms with Gasteiger partial charge in [-0.3, -0.25) is 19.3 Å². The molecule has 1 aliphatic carbocycles. The summed E-state index contributed by atoms with van der Waals surface area (Å²) in [7, 11) is 1.61. The highest BCUT2D eigenvalue weighted by molar-refractivity contribution is 6.08. The summed E-state index contributed by atoms with van der Waals surface area (Å²) in [6.07, 6.45) is 3.06. The first-order valence-corrected chi connectivity index (χ1v) is 8.78. The van der Waals surface area contributed by atoms with Gasteiger partial charge in [0.1, 0.15) is 12.1 Å². The molecule has 0 aromatic rings. The standard InChI is InChI=1S/C17H27N3O5/c1-11(2)18-14(22)12(3)25-13(21)10-20-15(23)17(19(4)16(20)24)8-6-5-7-9-17/h11-12H,5-10H2,1-4H3,(H,18,22). The molecule has 2 aliphatic rings. The van der Waals surface area contributed by atoms with Crippen LogP contribution in [0.25, 0.3) is 0 Å². The summed E-state index contributed by atoms with van der Waals surface area (Å²) < 4.78 is 5.07. The third-order valence-electron chi connectivity index (χ3n) is 4.88. The average Bonchev–Trinajstić information content (AvgIpc) is 2.71. The largest absolute Gasteiger partial charge is 0.451 e. The number of hydrogen-bond donors (Lipinski definition) is 1. The number of ether oxygens (including phenoxy) is 1. The molecule has 8 nitrogen and oxygen atoms in total. The van der Waals surface area contributed by atoms with Gasteiger partial charge in [-0.25, -0.2) is 4.79 Å². The lowest BCUT2D eigenvalue weighted by Gasteiger charge is -2.35. The fraction of sp³-hybridized carbons (Fsp3) is 0.765. The lowest BCUT2D eigenvalue weighted by molar-refractivity contribution is -0.157. The Labute approximate surface area is 147 Å². The highest BCUT2D eigenvalue weighted by Crippen LogP contribution is 2.39. The zero-order chi connectivity index (χ0) is 18.8. The molecule has 1 unspecified atom stereocenters. The normalized spacial score (nSPS) is 21.0. The predicted octanol–water partition coefficient (Wildman–Crippen LogP) is 1.04. The van der Waals surface area contributed by atoms with Gasteiger partial charge in [-0.05, 0) is 33.6 Å². The zero-order valence-electron chi connectivity index (χ0n) is 15.3. The van der Waals surface area contributed by atoms with E-state index in [1.807, 2.05) is 0 Å². The van der Waals surface area contributed by atoms with Crippen LogP contribution in [-0.4, -0.2) is 64.9 Å². The van der Waals surface area contributed by atoms with E-state index in [9.17, 15) is 19.2 Å². The molecule has 8 heteroatoms. The second-order valence-corrected chi connectivity index (χ2v) is 7.12. The van der Waals surface area contributed by atoms with Crippen molar-refractivity contribution in [3.8, 4) is 0 Å². The van der Waals surface area contributed by atoms with Gasteiger partial charge in [0.25, 0.3) is 11.8 Å². The molecule has 2 rings (SSSR count). The number of rotatable bonds is 5. The quantitative estimate of drug-likeness (QED) is 0.588. The molecule has 0 aromatic heterocycles. The van der Waals surface area contributed by atoms with Crippen LogP contribution < -0.4 is 5.32 Å². The minimum absolute atomic E-state index is 0.0739. The van der Waals surface area contributed by atoms with Gasteiger partial charge >= 0.3 is 12.0 Å². The van der Waals surface area contributed by atoms with Crippen LogP contribution in [0.1, 0.15) is 52.9 Å². The van der Waals surface area contributed by atoms with Gasteiger partial charge in [0.05, 0.1) is 0 Å². The number of esters is 1. The van der Waals surface area contributed by atoms with E-state index in [-0.39, 0.29) is 11.9 Å². The number of urea groups is 1. The topological polar surface area (TPSA) is 96.0 Å². The van der Waals surface area contributed by atoms with Crippen LogP contribution >= 0.6 is 0 Å². The Hall–Kier alpha value is -2.12. The van der Waals surface area contributed by atoms with E-state index in [0.717, 1.165) is 24.2 Å². The monoisotopic (exact) mass is 353 g/mol. The van der Waals surface area contributed by atoms with Crippen molar-refractivity contribution in [3.05, 3.63) is 0 Å². The maximum absolute atomic E-state index is 12.8. The van der Waals surface area contributed by atoms with E-state index in [1.165, 1.54) is 11.8 Å². The molecule has 1 heterocycles. The number of nitrogens with zero attached hydrogens (tertiary/aromatic N) is 2. The van der Waals surface area contributed by atoms with Crippen LogP contribution in [0, 0.1) is 0 Å². The second-order valence-electron chi connectivity index (χ2n) is 7.12. The van der Waals surface area contributed by atoms with Gasteiger partial charge in [0.2, 0.25) is 0 Å². The number of likely N-dealkylation sites (N-methyl/N-ethyl adjacent to an activating group) is 1. The molecule has 1 saturated heterocycles. The summed E-state index contributed by atoms with van der Waals surface area (Å²) in [5.41, 5.74) is -0.823. The maximum Gasteiger partial charge on any atom is 0.327 e. The van der Waals surface area contributed by atoms with E-state index in [1.54, 1.807) is 20.9 Å². The molecule has 0 radical (unpaired) electrons. The molecular weight excluding hydrogens is 326 g/mol. The molecule has 140 valence electrons. The van der Waals surface area contributed by atoms with Gasteiger partial charge in [-0.1, -0.05) is 19.3 Å². The van der Waals surface area contributed by atoms with Crippen LogP contribution in [0.5, 0.6) is 0 Å². The molecule has 1 aliphatic heterocycles. The minimum atomic E-state index is -0.982. The second kappa shape index (κ2) is 7.41. The summed E-state index contributed by atoms with van der Waals surface area (Å²) in [6, 6.07) is -0.557. The Bertz CT molecular complexity index is 569. The van der Waals surface area contributed by atoms with Crippen molar-refractivity contribution in [2.24, 2.45) is 0 Å². The number of imide groups is 1. The highest BCUT2D eigenvalue weighted by atomic mass is 16.5. The van der Waals surface area contributed by atoms with E-state index >= 15 is 0 Å². The zero-order valence-corrected chi connectivity index (χ0v) is 15.3. The van der Waals surface area contributed by atoms with E-state index in [0.29, 0.717) is 12.8 Å². The Kier molecular flexibility index (Phi) is 5.69. The number of hydrogen-bond acceptors (Lipinski definition) is 5. The molecule has 1 spiro atoms. The first kappa shape index (κ1) is 19.2. The SMILES string of the molecule is CC(C)NC(=O)C(C)OC(=O)CN1C(=O)N(C)C2(CCCCC2)C1=O. The number of carbonyl (C=O) groups excluding carboxylic acids is 4. The molecule has 1 atom stereocenters. The predicted molar refractivity (Wildman–Crippen MR) is 89.5 cm³/mol. The minimum Gasteiger partial charge on any atom is -0.451 e. The van der Waals surface area contributed by atoms with Crippen molar-refractivity contribution in [2.45, 2.75) is 70.6 Å². The van der Waals surface area contributed by atoms with Crippen molar-refractivity contribution >= 4 is 23.8 Å². The Morgan fingerprint density at radius 3 is 2.32 bits per heavy atom. The van der Waals surface area contributed by atoms with Gasteiger partial charge in [-0.15, -0.1) is 0 Å². The van der Waals surface area contributed by atoms with Crippen LogP contribution in [0.3, 0.4) is 0 Å². The summed E-state index contributed by atoms with van der Waals surface area (Å²) in [6.45, 7) is 4.59. The van der Waals surface area contributed by atoms with Gasteiger partial charge in [0.15, 0.2) is 6.10 Å². The summed E-state index contributed by atoms with van der Waals surface area (Å²) >= 11 is 0. The Balaban J connectivity index is 2.00. The van der Waals surface area contributed by atoms with Crippen LogP contribution in [0.15, 0.2) is 0 Å². The third kappa shape index (κ3) is 3.77. The average molecular weight is 353 g/mol. The van der Waals surface area contributed by atoms with Gasteiger partial charge < -0.3 is 15.0 Å².